The Morgan fingerprint density at radius 3 is 2.78 bits per heavy atom. The maximum atomic E-state index is 6.01. The van der Waals surface area contributed by atoms with Crippen LogP contribution in [0.1, 0.15) is 5.56 Å². The van der Waals surface area contributed by atoms with Gasteiger partial charge in [0.25, 0.3) is 0 Å². The van der Waals surface area contributed by atoms with E-state index in [2.05, 4.69) is 22.1 Å². The van der Waals surface area contributed by atoms with Crippen molar-refractivity contribution in [3.05, 3.63) is 54.5 Å². The van der Waals surface area contributed by atoms with Crippen LogP contribution in [-0.2, 0) is 0 Å². The SMILES string of the molecule is Cc1ccnc(N)c1-c1cccc2ccncc12. The summed E-state index contributed by atoms with van der Waals surface area (Å²) in [6, 6.07) is 10.1. The van der Waals surface area contributed by atoms with Gasteiger partial charge in [0.05, 0.1) is 0 Å². The monoisotopic (exact) mass is 235 g/mol. The van der Waals surface area contributed by atoms with Gasteiger partial charge in [0.1, 0.15) is 5.82 Å². The largest absolute Gasteiger partial charge is 0.383 e. The molecule has 0 atom stereocenters. The van der Waals surface area contributed by atoms with Gasteiger partial charge in [0.2, 0.25) is 0 Å². The molecule has 0 spiro atoms. The highest BCUT2D eigenvalue weighted by molar-refractivity contribution is 5.98. The first-order chi connectivity index (χ1) is 8.77. The van der Waals surface area contributed by atoms with Gasteiger partial charge in [0, 0.05) is 29.5 Å². The van der Waals surface area contributed by atoms with Crippen LogP contribution < -0.4 is 5.73 Å². The summed E-state index contributed by atoms with van der Waals surface area (Å²) in [7, 11) is 0. The van der Waals surface area contributed by atoms with Gasteiger partial charge in [-0.1, -0.05) is 18.2 Å². The van der Waals surface area contributed by atoms with Crippen LogP contribution in [0.15, 0.2) is 48.9 Å². The summed E-state index contributed by atoms with van der Waals surface area (Å²) in [6.07, 6.45) is 5.40. The Kier molecular flexibility index (Phi) is 2.45. The molecule has 2 aromatic heterocycles. The molecule has 18 heavy (non-hydrogen) atoms. The zero-order chi connectivity index (χ0) is 12.5. The van der Waals surface area contributed by atoms with Gasteiger partial charge < -0.3 is 5.73 Å². The van der Waals surface area contributed by atoms with E-state index in [1.807, 2.05) is 31.3 Å². The van der Waals surface area contributed by atoms with Crippen molar-refractivity contribution < 1.29 is 0 Å². The number of anilines is 1. The van der Waals surface area contributed by atoms with Gasteiger partial charge in [-0.05, 0) is 35.6 Å². The molecule has 2 N–H and O–H groups in total. The molecule has 0 radical (unpaired) electrons. The number of nitrogen functional groups attached to an aromatic ring is 1. The molecule has 88 valence electrons. The van der Waals surface area contributed by atoms with E-state index < -0.39 is 0 Å². The van der Waals surface area contributed by atoms with Gasteiger partial charge >= 0.3 is 0 Å². The normalized spacial score (nSPS) is 10.7. The van der Waals surface area contributed by atoms with E-state index >= 15 is 0 Å². The van der Waals surface area contributed by atoms with Crippen molar-refractivity contribution in [3.63, 3.8) is 0 Å². The maximum absolute atomic E-state index is 6.01. The number of hydrogen-bond donors (Lipinski definition) is 1. The third-order valence-corrected chi connectivity index (χ3v) is 3.14. The van der Waals surface area contributed by atoms with E-state index in [1.165, 1.54) is 0 Å². The van der Waals surface area contributed by atoms with Crippen molar-refractivity contribution in [1.29, 1.82) is 0 Å². The standard InChI is InChI=1S/C15H13N3/c1-10-5-8-18-15(16)14(10)12-4-2-3-11-6-7-17-9-13(11)12/h2-9H,1H3,(H2,16,18). The number of aromatic nitrogens is 2. The van der Waals surface area contributed by atoms with E-state index in [9.17, 15) is 0 Å². The molecule has 3 nitrogen and oxygen atoms in total. The Bertz CT molecular complexity index is 694. The number of fused-ring (bicyclic) bond motifs is 1. The minimum atomic E-state index is 0.561. The molecule has 0 saturated heterocycles. The number of pyridine rings is 2. The maximum Gasteiger partial charge on any atom is 0.131 e. The van der Waals surface area contributed by atoms with Crippen LogP contribution in [0.25, 0.3) is 21.9 Å². The van der Waals surface area contributed by atoms with E-state index in [0.29, 0.717) is 5.82 Å². The lowest BCUT2D eigenvalue weighted by Gasteiger charge is -2.11. The summed E-state index contributed by atoms with van der Waals surface area (Å²) in [5.74, 6) is 0.561. The number of rotatable bonds is 1. The van der Waals surface area contributed by atoms with Crippen LogP contribution in [0.2, 0.25) is 0 Å². The van der Waals surface area contributed by atoms with Gasteiger partial charge in [-0.3, -0.25) is 4.98 Å². The molecule has 3 heteroatoms. The minimum absolute atomic E-state index is 0.561. The summed E-state index contributed by atoms with van der Waals surface area (Å²) in [6.45, 7) is 2.04. The predicted octanol–water partition coefficient (Wildman–Crippen LogP) is 3.19. The smallest absolute Gasteiger partial charge is 0.131 e. The Labute approximate surface area is 105 Å². The first-order valence-corrected chi connectivity index (χ1v) is 5.81. The summed E-state index contributed by atoms with van der Waals surface area (Å²) in [4.78, 5) is 8.38. The Balaban J connectivity index is 2.39. The van der Waals surface area contributed by atoms with Crippen LogP contribution in [0.4, 0.5) is 5.82 Å². The third-order valence-electron chi connectivity index (χ3n) is 3.14. The second-order valence-corrected chi connectivity index (χ2v) is 4.29. The second kappa shape index (κ2) is 4.11. The molecular weight excluding hydrogens is 222 g/mol. The van der Waals surface area contributed by atoms with Crippen LogP contribution in [0.3, 0.4) is 0 Å². The summed E-state index contributed by atoms with van der Waals surface area (Å²) >= 11 is 0. The Hall–Kier alpha value is -2.42. The van der Waals surface area contributed by atoms with Gasteiger partial charge in [-0.2, -0.15) is 0 Å². The molecule has 3 aromatic rings. The number of benzene rings is 1. The average molecular weight is 235 g/mol. The fourth-order valence-corrected chi connectivity index (χ4v) is 2.26. The average Bonchev–Trinajstić information content (AvgIpc) is 2.39. The Morgan fingerprint density at radius 1 is 1.06 bits per heavy atom. The van der Waals surface area contributed by atoms with Gasteiger partial charge in [-0.15, -0.1) is 0 Å². The molecule has 0 saturated carbocycles. The molecule has 0 amide bonds. The zero-order valence-electron chi connectivity index (χ0n) is 10.1. The lowest BCUT2D eigenvalue weighted by molar-refractivity contribution is 1.29. The highest BCUT2D eigenvalue weighted by Gasteiger charge is 2.10. The fourth-order valence-electron chi connectivity index (χ4n) is 2.26. The van der Waals surface area contributed by atoms with Crippen molar-refractivity contribution in [2.45, 2.75) is 6.92 Å². The molecule has 2 heterocycles. The van der Waals surface area contributed by atoms with E-state index in [0.717, 1.165) is 27.5 Å². The molecule has 0 aliphatic rings. The lowest BCUT2D eigenvalue weighted by atomic mass is 9.97. The quantitative estimate of drug-likeness (QED) is 0.704. The van der Waals surface area contributed by atoms with E-state index in [4.69, 9.17) is 5.73 Å². The van der Waals surface area contributed by atoms with Crippen LogP contribution in [0, 0.1) is 6.92 Å². The molecule has 0 unspecified atom stereocenters. The molecule has 0 fully saturated rings. The number of hydrogen-bond acceptors (Lipinski definition) is 3. The number of nitrogens with zero attached hydrogens (tertiary/aromatic N) is 2. The molecule has 0 bridgehead atoms. The zero-order valence-corrected chi connectivity index (χ0v) is 10.1. The third kappa shape index (κ3) is 1.61. The first-order valence-electron chi connectivity index (χ1n) is 5.81. The van der Waals surface area contributed by atoms with Crippen molar-refractivity contribution in [2.24, 2.45) is 0 Å². The van der Waals surface area contributed by atoms with Crippen LogP contribution in [0.5, 0.6) is 0 Å². The molecule has 0 aliphatic carbocycles. The van der Waals surface area contributed by atoms with Gasteiger partial charge in [0.15, 0.2) is 0 Å². The van der Waals surface area contributed by atoms with Crippen LogP contribution in [-0.4, -0.2) is 9.97 Å². The van der Waals surface area contributed by atoms with Crippen molar-refractivity contribution >= 4 is 16.6 Å². The molecular formula is C15H13N3. The van der Waals surface area contributed by atoms with Crippen molar-refractivity contribution in [1.82, 2.24) is 9.97 Å². The fraction of sp³-hybridized carbons (Fsp3) is 0.0667. The summed E-state index contributed by atoms with van der Waals surface area (Å²) < 4.78 is 0. The second-order valence-electron chi connectivity index (χ2n) is 4.29. The number of nitrogens with two attached hydrogens (primary N) is 1. The highest BCUT2D eigenvalue weighted by atomic mass is 14.8. The minimum Gasteiger partial charge on any atom is -0.383 e. The van der Waals surface area contributed by atoms with Crippen molar-refractivity contribution in [2.75, 3.05) is 5.73 Å². The summed E-state index contributed by atoms with van der Waals surface area (Å²) in [5.41, 5.74) is 9.22. The highest BCUT2D eigenvalue weighted by Crippen LogP contribution is 2.33. The first kappa shape index (κ1) is 10.7. The predicted molar refractivity (Wildman–Crippen MR) is 74.1 cm³/mol. The van der Waals surface area contributed by atoms with Gasteiger partial charge in [-0.25, -0.2) is 4.98 Å². The molecule has 3 rings (SSSR count). The van der Waals surface area contributed by atoms with E-state index in [-0.39, 0.29) is 0 Å². The lowest BCUT2D eigenvalue weighted by Crippen LogP contribution is -1.96. The summed E-state index contributed by atoms with van der Waals surface area (Å²) in [5, 5.41) is 2.26. The Morgan fingerprint density at radius 2 is 1.94 bits per heavy atom. The van der Waals surface area contributed by atoms with Crippen LogP contribution >= 0.6 is 0 Å². The number of aryl methyl sites for hydroxylation is 1. The van der Waals surface area contributed by atoms with Crippen molar-refractivity contribution in [3.8, 4) is 11.1 Å². The topological polar surface area (TPSA) is 51.8 Å². The molecule has 0 aliphatic heterocycles. The van der Waals surface area contributed by atoms with E-state index in [1.54, 1.807) is 12.4 Å². The molecule has 1 aromatic carbocycles.